The number of nitrogens with zero attached hydrogens (tertiary/aromatic N) is 1. The van der Waals surface area contributed by atoms with E-state index >= 15 is 0 Å². The molecule has 0 aliphatic heterocycles. The van der Waals surface area contributed by atoms with Crippen LogP contribution in [0.25, 0.3) is 11.3 Å². The van der Waals surface area contributed by atoms with Gasteiger partial charge in [0.15, 0.2) is 0 Å². The van der Waals surface area contributed by atoms with Gasteiger partial charge in [0.05, 0.1) is 10.7 Å². The summed E-state index contributed by atoms with van der Waals surface area (Å²) in [4.78, 5) is 15.6. The molecule has 0 aliphatic carbocycles. The molecule has 1 N–H and O–H groups in total. The summed E-state index contributed by atoms with van der Waals surface area (Å²) in [7, 11) is 0. The first kappa shape index (κ1) is 13.7. The number of hydrogen-bond acceptors (Lipinski definition) is 3. The van der Waals surface area contributed by atoms with Crippen molar-refractivity contribution in [2.45, 2.75) is 26.7 Å². The zero-order valence-electron chi connectivity index (χ0n) is 11.3. The van der Waals surface area contributed by atoms with E-state index in [0.717, 1.165) is 22.7 Å². The molecule has 4 heteroatoms. The fourth-order valence-corrected chi connectivity index (χ4v) is 2.43. The third kappa shape index (κ3) is 3.89. The number of nitrogens with one attached hydrogen (secondary N) is 1. The van der Waals surface area contributed by atoms with E-state index in [1.165, 1.54) is 5.56 Å². The molecule has 0 unspecified atom stereocenters. The monoisotopic (exact) mass is 274 g/mol. The Morgan fingerprint density at radius 2 is 2.05 bits per heavy atom. The van der Waals surface area contributed by atoms with Crippen LogP contribution in [0.4, 0.5) is 0 Å². The second-order valence-corrected chi connectivity index (χ2v) is 5.46. The maximum Gasteiger partial charge on any atom is 0.219 e. The molecular formula is C15H18N2OS. The summed E-state index contributed by atoms with van der Waals surface area (Å²) in [5, 5.41) is 6.04. The van der Waals surface area contributed by atoms with E-state index in [-0.39, 0.29) is 5.91 Å². The number of carbonyl (C=O) groups is 1. The van der Waals surface area contributed by atoms with Crippen LogP contribution in [-0.2, 0) is 11.2 Å². The molecule has 1 aromatic heterocycles. The second kappa shape index (κ2) is 6.48. The maximum atomic E-state index is 11.1. The van der Waals surface area contributed by atoms with Crippen molar-refractivity contribution in [3.63, 3.8) is 0 Å². The summed E-state index contributed by atoms with van der Waals surface area (Å²) in [5.74, 6) is 0.106. The molecule has 100 valence electrons. The van der Waals surface area contributed by atoms with Gasteiger partial charge in [0.2, 0.25) is 5.91 Å². The Bertz CT molecular complexity index is 546. The van der Waals surface area contributed by atoms with Gasteiger partial charge >= 0.3 is 0 Å². The van der Waals surface area contributed by atoms with Gasteiger partial charge in [0, 0.05) is 23.9 Å². The zero-order chi connectivity index (χ0) is 13.7. The van der Waals surface area contributed by atoms with Gasteiger partial charge in [-0.15, -0.1) is 11.3 Å². The van der Waals surface area contributed by atoms with Crippen LogP contribution in [0.1, 0.15) is 23.9 Å². The van der Waals surface area contributed by atoms with Gasteiger partial charge in [0.25, 0.3) is 0 Å². The van der Waals surface area contributed by atoms with Gasteiger partial charge < -0.3 is 5.32 Å². The van der Waals surface area contributed by atoms with Crippen molar-refractivity contribution in [2.75, 3.05) is 6.54 Å². The first-order chi connectivity index (χ1) is 9.19. The molecule has 0 saturated heterocycles. The number of benzene rings is 1. The summed E-state index contributed by atoms with van der Waals surface area (Å²) in [6.07, 6.45) is 1.41. The lowest BCUT2D eigenvalue weighted by Gasteiger charge is -2.04. The fraction of sp³-hybridized carbons (Fsp3) is 0.333. The third-order valence-corrected chi connectivity index (χ3v) is 3.70. The lowest BCUT2D eigenvalue weighted by molar-refractivity contribution is -0.120. The van der Waals surface area contributed by atoms with Crippen LogP contribution in [0.15, 0.2) is 29.6 Å². The molecule has 0 radical (unpaired) electrons. The number of carbonyl (C=O) groups excluding carboxylic acids is 1. The zero-order valence-corrected chi connectivity index (χ0v) is 12.1. The average Bonchev–Trinajstić information content (AvgIpc) is 2.86. The molecule has 0 bridgehead atoms. The predicted octanol–water partition coefficient (Wildman–Crippen LogP) is 3.19. The van der Waals surface area contributed by atoms with Gasteiger partial charge in [-0.05, 0) is 18.9 Å². The van der Waals surface area contributed by atoms with E-state index in [1.54, 1.807) is 11.3 Å². The minimum atomic E-state index is 0.106. The van der Waals surface area contributed by atoms with E-state index in [2.05, 4.69) is 39.9 Å². The molecule has 0 fully saturated rings. The van der Waals surface area contributed by atoms with Crippen molar-refractivity contribution in [1.82, 2.24) is 10.3 Å². The molecule has 0 aliphatic rings. The summed E-state index contributed by atoms with van der Waals surface area (Å²) >= 11 is 1.66. The Labute approximate surface area is 117 Å². The quantitative estimate of drug-likeness (QED) is 0.910. The number of hydrogen-bond donors (Lipinski definition) is 1. The summed E-state index contributed by atoms with van der Waals surface area (Å²) in [6, 6.07) is 8.38. The highest BCUT2D eigenvalue weighted by Gasteiger charge is 2.02. The van der Waals surface area contributed by atoms with E-state index in [1.807, 2.05) is 13.8 Å². The van der Waals surface area contributed by atoms with E-state index in [9.17, 15) is 4.79 Å². The first-order valence-corrected chi connectivity index (χ1v) is 7.35. The SMILES string of the molecule is CCC(=O)NCCc1ccc(-c2csc(C)n2)cc1. The molecular weight excluding hydrogens is 256 g/mol. The number of rotatable bonds is 5. The molecule has 1 amide bonds. The smallest absolute Gasteiger partial charge is 0.219 e. The first-order valence-electron chi connectivity index (χ1n) is 6.47. The van der Waals surface area contributed by atoms with Crippen LogP contribution in [0, 0.1) is 6.92 Å². The average molecular weight is 274 g/mol. The summed E-state index contributed by atoms with van der Waals surface area (Å²) < 4.78 is 0. The van der Waals surface area contributed by atoms with Crippen LogP contribution >= 0.6 is 11.3 Å². The highest BCUT2D eigenvalue weighted by atomic mass is 32.1. The Morgan fingerprint density at radius 3 is 2.63 bits per heavy atom. The maximum absolute atomic E-state index is 11.1. The highest BCUT2D eigenvalue weighted by molar-refractivity contribution is 7.09. The predicted molar refractivity (Wildman–Crippen MR) is 79.3 cm³/mol. The minimum Gasteiger partial charge on any atom is -0.356 e. The van der Waals surface area contributed by atoms with Crippen LogP contribution in [-0.4, -0.2) is 17.4 Å². The topological polar surface area (TPSA) is 42.0 Å². The number of amides is 1. The van der Waals surface area contributed by atoms with E-state index in [4.69, 9.17) is 0 Å². The molecule has 0 spiro atoms. The molecule has 0 saturated carbocycles. The molecule has 2 aromatic rings. The van der Waals surface area contributed by atoms with E-state index in [0.29, 0.717) is 13.0 Å². The Morgan fingerprint density at radius 1 is 1.32 bits per heavy atom. The van der Waals surface area contributed by atoms with Crippen LogP contribution in [0.3, 0.4) is 0 Å². The normalized spacial score (nSPS) is 10.4. The fourth-order valence-electron chi connectivity index (χ4n) is 1.81. The molecule has 1 aromatic carbocycles. The van der Waals surface area contributed by atoms with Gasteiger partial charge in [0.1, 0.15) is 0 Å². The molecule has 1 heterocycles. The van der Waals surface area contributed by atoms with Gasteiger partial charge in [-0.3, -0.25) is 4.79 Å². The third-order valence-electron chi connectivity index (χ3n) is 2.93. The van der Waals surface area contributed by atoms with Crippen molar-refractivity contribution in [3.8, 4) is 11.3 Å². The van der Waals surface area contributed by atoms with Gasteiger partial charge in [-0.2, -0.15) is 0 Å². The molecule has 0 atom stereocenters. The summed E-state index contributed by atoms with van der Waals surface area (Å²) in [5.41, 5.74) is 3.41. The van der Waals surface area contributed by atoms with Crippen LogP contribution < -0.4 is 5.32 Å². The Kier molecular flexibility index (Phi) is 4.68. The largest absolute Gasteiger partial charge is 0.356 e. The Balaban J connectivity index is 1.93. The summed E-state index contributed by atoms with van der Waals surface area (Å²) in [6.45, 7) is 4.57. The lowest BCUT2D eigenvalue weighted by atomic mass is 10.1. The Hall–Kier alpha value is -1.68. The molecule has 2 rings (SSSR count). The van der Waals surface area contributed by atoms with Crippen molar-refractivity contribution in [1.29, 1.82) is 0 Å². The lowest BCUT2D eigenvalue weighted by Crippen LogP contribution is -2.24. The van der Waals surface area contributed by atoms with Crippen LogP contribution in [0.5, 0.6) is 0 Å². The van der Waals surface area contributed by atoms with Gasteiger partial charge in [-0.25, -0.2) is 4.98 Å². The van der Waals surface area contributed by atoms with Crippen molar-refractivity contribution >= 4 is 17.2 Å². The van der Waals surface area contributed by atoms with Crippen molar-refractivity contribution < 1.29 is 4.79 Å². The molecule has 19 heavy (non-hydrogen) atoms. The van der Waals surface area contributed by atoms with Crippen LogP contribution in [0.2, 0.25) is 0 Å². The number of aryl methyl sites for hydroxylation is 1. The van der Waals surface area contributed by atoms with E-state index < -0.39 is 0 Å². The van der Waals surface area contributed by atoms with Crippen molar-refractivity contribution in [2.24, 2.45) is 0 Å². The second-order valence-electron chi connectivity index (χ2n) is 4.40. The standard InChI is InChI=1S/C15H18N2OS/c1-3-15(18)16-9-8-12-4-6-13(7-5-12)14-10-19-11(2)17-14/h4-7,10H,3,8-9H2,1-2H3,(H,16,18). The number of thiazole rings is 1. The van der Waals surface area contributed by atoms with Gasteiger partial charge in [-0.1, -0.05) is 31.2 Å². The highest BCUT2D eigenvalue weighted by Crippen LogP contribution is 2.21. The minimum absolute atomic E-state index is 0.106. The van der Waals surface area contributed by atoms with Crippen molar-refractivity contribution in [3.05, 3.63) is 40.2 Å². The number of aromatic nitrogens is 1. The molecule has 3 nitrogen and oxygen atoms in total.